The van der Waals surface area contributed by atoms with E-state index >= 15 is 0 Å². The molecule has 0 unspecified atom stereocenters. The van der Waals surface area contributed by atoms with Gasteiger partial charge >= 0.3 is 5.63 Å². The molecule has 0 amide bonds. The second kappa shape index (κ2) is 8.52. The predicted octanol–water partition coefficient (Wildman–Crippen LogP) is 6.25. The van der Waals surface area contributed by atoms with Crippen LogP contribution in [0.4, 0.5) is 0 Å². The summed E-state index contributed by atoms with van der Waals surface area (Å²) >= 11 is 12.3. The third kappa shape index (κ3) is 4.50. The van der Waals surface area contributed by atoms with Crippen LogP contribution >= 0.6 is 23.2 Å². The highest BCUT2D eigenvalue weighted by molar-refractivity contribution is 6.33. The smallest absolute Gasteiger partial charge is 0.339 e. The van der Waals surface area contributed by atoms with E-state index in [0.717, 1.165) is 11.1 Å². The summed E-state index contributed by atoms with van der Waals surface area (Å²) in [6, 6.07) is 23.3. The van der Waals surface area contributed by atoms with E-state index in [9.17, 15) is 4.79 Å². The van der Waals surface area contributed by atoms with E-state index < -0.39 is 5.63 Å². The first-order chi connectivity index (χ1) is 14.1. The monoisotopic (exact) mass is 423 g/mol. The summed E-state index contributed by atoms with van der Waals surface area (Å²) < 4.78 is 11.0. The standard InChI is InChI=1S/C23H15Cl2NO3/c24-19-7-3-1-5-16(19)14-28-17-11-9-15(10-12-17)21-13-22(27)29-23(26-21)18-6-2-4-8-20(18)25/h1-13H,14H2. The molecule has 4 aromatic rings. The van der Waals surface area contributed by atoms with Gasteiger partial charge in [0.05, 0.1) is 22.3 Å². The maximum Gasteiger partial charge on any atom is 0.339 e. The molecular formula is C23H15Cl2NO3. The topological polar surface area (TPSA) is 52.3 Å². The zero-order chi connectivity index (χ0) is 20.2. The van der Waals surface area contributed by atoms with Crippen molar-refractivity contribution in [3.63, 3.8) is 0 Å². The lowest BCUT2D eigenvalue weighted by Crippen LogP contribution is -2.02. The summed E-state index contributed by atoms with van der Waals surface area (Å²) in [5, 5.41) is 1.13. The molecule has 1 aromatic heterocycles. The molecule has 4 rings (SSSR count). The Bertz CT molecular complexity index is 1200. The highest BCUT2D eigenvalue weighted by Gasteiger charge is 2.11. The zero-order valence-electron chi connectivity index (χ0n) is 15.1. The maximum atomic E-state index is 12.0. The molecule has 0 saturated heterocycles. The first-order valence-corrected chi connectivity index (χ1v) is 9.59. The summed E-state index contributed by atoms with van der Waals surface area (Å²) in [7, 11) is 0. The molecule has 6 heteroatoms. The van der Waals surface area contributed by atoms with E-state index in [-0.39, 0.29) is 5.89 Å². The number of hydrogen-bond acceptors (Lipinski definition) is 4. The lowest BCUT2D eigenvalue weighted by Gasteiger charge is -2.09. The summed E-state index contributed by atoms with van der Waals surface area (Å²) in [5.74, 6) is 0.861. The average Bonchev–Trinajstić information content (AvgIpc) is 2.73. The van der Waals surface area contributed by atoms with Crippen LogP contribution in [0.1, 0.15) is 5.56 Å². The molecule has 0 bridgehead atoms. The molecule has 0 aliphatic rings. The van der Waals surface area contributed by atoms with Crippen LogP contribution in [-0.4, -0.2) is 4.98 Å². The van der Waals surface area contributed by atoms with Gasteiger partial charge in [-0.05, 0) is 42.5 Å². The largest absolute Gasteiger partial charge is 0.489 e. The van der Waals surface area contributed by atoms with Crippen LogP contribution in [0.3, 0.4) is 0 Å². The van der Waals surface area contributed by atoms with Crippen molar-refractivity contribution >= 4 is 23.2 Å². The Labute approximate surface area is 177 Å². The molecule has 0 atom stereocenters. The van der Waals surface area contributed by atoms with Gasteiger partial charge in [0.15, 0.2) is 0 Å². The Morgan fingerprint density at radius 1 is 0.862 bits per heavy atom. The average molecular weight is 424 g/mol. The third-order valence-electron chi connectivity index (χ3n) is 4.28. The fraction of sp³-hybridized carbons (Fsp3) is 0.0435. The van der Waals surface area contributed by atoms with Gasteiger partial charge in [0, 0.05) is 16.1 Å². The van der Waals surface area contributed by atoms with Crippen molar-refractivity contribution in [1.82, 2.24) is 4.98 Å². The second-order valence-electron chi connectivity index (χ2n) is 6.25. The van der Waals surface area contributed by atoms with Crippen molar-refractivity contribution in [3.8, 4) is 28.5 Å². The normalized spacial score (nSPS) is 10.7. The fourth-order valence-electron chi connectivity index (χ4n) is 2.80. The number of aromatic nitrogens is 1. The molecule has 0 fully saturated rings. The zero-order valence-corrected chi connectivity index (χ0v) is 16.7. The van der Waals surface area contributed by atoms with E-state index in [0.29, 0.717) is 33.7 Å². The van der Waals surface area contributed by atoms with Gasteiger partial charge in [-0.1, -0.05) is 53.5 Å². The quantitative estimate of drug-likeness (QED) is 0.380. The van der Waals surface area contributed by atoms with E-state index in [1.54, 1.807) is 24.3 Å². The Balaban J connectivity index is 1.57. The van der Waals surface area contributed by atoms with Crippen LogP contribution in [0, 0.1) is 0 Å². The van der Waals surface area contributed by atoms with Crippen LogP contribution in [0.25, 0.3) is 22.7 Å². The van der Waals surface area contributed by atoms with Gasteiger partial charge in [0.25, 0.3) is 0 Å². The van der Waals surface area contributed by atoms with Crippen molar-refractivity contribution < 1.29 is 9.15 Å². The van der Waals surface area contributed by atoms with Gasteiger partial charge < -0.3 is 9.15 Å². The molecule has 0 saturated carbocycles. The van der Waals surface area contributed by atoms with Gasteiger partial charge in [-0.3, -0.25) is 0 Å². The third-order valence-corrected chi connectivity index (χ3v) is 4.98. The van der Waals surface area contributed by atoms with Gasteiger partial charge in [-0.15, -0.1) is 0 Å². The SMILES string of the molecule is O=c1cc(-c2ccc(OCc3ccccc3Cl)cc2)nc(-c2ccccc2Cl)o1. The predicted molar refractivity (Wildman–Crippen MR) is 114 cm³/mol. The Kier molecular flexibility index (Phi) is 5.65. The van der Waals surface area contributed by atoms with Crippen LogP contribution in [0.2, 0.25) is 10.0 Å². The molecule has 1 heterocycles. The Morgan fingerprint density at radius 3 is 2.28 bits per heavy atom. The van der Waals surface area contributed by atoms with Crippen molar-refractivity contribution in [3.05, 3.63) is 105 Å². The highest BCUT2D eigenvalue weighted by atomic mass is 35.5. The molecule has 29 heavy (non-hydrogen) atoms. The van der Waals surface area contributed by atoms with Crippen molar-refractivity contribution in [2.75, 3.05) is 0 Å². The van der Waals surface area contributed by atoms with E-state index in [4.69, 9.17) is 32.4 Å². The molecule has 3 aromatic carbocycles. The number of ether oxygens (including phenoxy) is 1. The van der Waals surface area contributed by atoms with Gasteiger partial charge in [0.2, 0.25) is 5.89 Å². The van der Waals surface area contributed by atoms with Crippen molar-refractivity contribution in [1.29, 1.82) is 0 Å². The number of nitrogens with zero attached hydrogens (tertiary/aromatic N) is 1. The minimum atomic E-state index is -0.496. The molecule has 0 spiro atoms. The van der Waals surface area contributed by atoms with E-state index in [1.807, 2.05) is 48.5 Å². The van der Waals surface area contributed by atoms with Gasteiger partial charge in [0.1, 0.15) is 12.4 Å². The second-order valence-corrected chi connectivity index (χ2v) is 7.07. The van der Waals surface area contributed by atoms with Gasteiger partial charge in [-0.25, -0.2) is 9.78 Å². The Morgan fingerprint density at radius 2 is 1.55 bits per heavy atom. The summed E-state index contributed by atoms with van der Waals surface area (Å²) in [6.45, 7) is 0.364. The molecule has 0 aliphatic carbocycles. The summed E-state index contributed by atoms with van der Waals surface area (Å²) in [4.78, 5) is 16.5. The van der Waals surface area contributed by atoms with Crippen LogP contribution in [-0.2, 0) is 6.61 Å². The minimum Gasteiger partial charge on any atom is -0.489 e. The van der Waals surface area contributed by atoms with Crippen LogP contribution in [0.5, 0.6) is 5.75 Å². The number of hydrogen-bond donors (Lipinski definition) is 0. The number of halogens is 2. The lowest BCUT2D eigenvalue weighted by atomic mass is 10.1. The molecule has 0 aliphatic heterocycles. The summed E-state index contributed by atoms with van der Waals surface area (Å²) in [6.07, 6.45) is 0. The molecule has 0 N–H and O–H groups in total. The molecular weight excluding hydrogens is 409 g/mol. The van der Waals surface area contributed by atoms with Crippen LogP contribution in [0.15, 0.2) is 88.1 Å². The number of benzene rings is 3. The first-order valence-electron chi connectivity index (χ1n) is 8.84. The van der Waals surface area contributed by atoms with E-state index in [1.165, 1.54) is 6.07 Å². The summed E-state index contributed by atoms with van der Waals surface area (Å²) in [5.41, 5.74) is 2.23. The van der Waals surface area contributed by atoms with Crippen molar-refractivity contribution in [2.45, 2.75) is 6.61 Å². The molecule has 144 valence electrons. The highest BCUT2D eigenvalue weighted by Crippen LogP contribution is 2.28. The molecule has 0 radical (unpaired) electrons. The minimum absolute atomic E-state index is 0.178. The van der Waals surface area contributed by atoms with Crippen LogP contribution < -0.4 is 10.4 Å². The lowest BCUT2D eigenvalue weighted by molar-refractivity contribution is 0.306. The van der Waals surface area contributed by atoms with E-state index in [2.05, 4.69) is 4.98 Å². The fourth-order valence-corrected chi connectivity index (χ4v) is 3.20. The first kappa shape index (κ1) is 19.2. The number of rotatable bonds is 5. The Hall–Kier alpha value is -3.08. The van der Waals surface area contributed by atoms with Gasteiger partial charge in [-0.2, -0.15) is 0 Å². The molecule has 4 nitrogen and oxygen atoms in total. The maximum absolute atomic E-state index is 12.0. The van der Waals surface area contributed by atoms with Crippen molar-refractivity contribution in [2.24, 2.45) is 0 Å².